The van der Waals surface area contributed by atoms with Crippen LogP contribution in [0.2, 0.25) is 0 Å². The minimum atomic E-state index is -1.73. The van der Waals surface area contributed by atoms with Crippen LogP contribution < -0.4 is 0 Å². The molecule has 2 aliphatic rings. The van der Waals surface area contributed by atoms with Crippen molar-refractivity contribution in [1.82, 2.24) is 0 Å². The molecule has 0 spiro atoms. The molecule has 9 nitrogen and oxygen atoms in total. The van der Waals surface area contributed by atoms with Crippen molar-refractivity contribution in [3.63, 3.8) is 0 Å². The van der Waals surface area contributed by atoms with Gasteiger partial charge in [0, 0.05) is 5.33 Å². The van der Waals surface area contributed by atoms with Gasteiger partial charge in [0.2, 0.25) is 5.79 Å². The second-order valence-corrected chi connectivity index (χ2v) is 6.71. The Bertz CT molecular complexity index is 401. The van der Waals surface area contributed by atoms with Gasteiger partial charge in [0.15, 0.2) is 6.29 Å². The van der Waals surface area contributed by atoms with Crippen LogP contribution in [0.15, 0.2) is 0 Å². The monoisotopic (exact) mass is 466 g/mol. The van der Waals surface area contributed by atoms with Crippen LogP contribution in [-0.2, 0) is 14.2 Å². The Hall–Kier alpha value is 0.600. The zero-order valence-corrected chi connectivity index (χ0v) is 15.1. The van der Waals surface area contributed by atoms with Crippen LogP contribution >= 0.6 is 31.9 Å². The normalized spacial score (nSPS) is 51.1. The molecule has 0 bridgehead atoms. The molecule has 136 valence electrons. The highest BCUT2D eigenvalue weighted by Gasteiger charge is 2.57. The molecule has 0 aromatic heterocycles. The third-order valence-corrected chi connectivity index (χ3v) is 5.43. The van der Waals surface area contributed by atoms with Crippen molar-refractivity contribution in [2.24, 2.45) is 0 Å². The Morgan fingerprint density at radius 2 is 1.57 bits per heavy atom. The van der Waals surface area contributed by atoms with E-state index in [4.69, 9.17) is 14.2 Å². The second kappa shape index (κ2) is 7.87. The van der Waals surface area contributed by atoms with Crippen LogP contribution in [0.5, 0.6) is 0 Å². The van der Waals surface area contributed by atoms with Gasteiger partial charge in [-0.3, -0.25) is 0 Å². The number of halogens is 2. The van der Waals surface area contributed by atoms with Gasteiger partial charge in [-0.1, -0.05) is 31.9 Å². The van der Waals surface area contributed by atoms with Crippen molar-refractivity contribution in [2.45, 2.75) is 54.8 Å². The first kappa shape index (κ1) is 19.9. The number of alkyl halides is 2. The van der Waals surface area contributed by atoms with Crippen LogP contribution in [0.25, 0.3) is 0 Å². The van der Waals surface area contributed by atoms with E-state index in [9.17, 15) is 30.6 Å². The lowest BCUT2D eigenvalue weighted by Crippen LogP contribution is -2.62. The average Bonchev–Trinajstić information content (AvgIpc) is 2.80. The first-order valence-corrected chi connectivity index (χ1v) is 9.19. The first-order chi connectivity index (χ1) is 10.8. The van der Waals surface area contributed by atoms with Gasteiger partial charge in [-0.05, 0) is 0 Å². The van der Waals surface area contributed by atoms with Crippen LogP contribution in [0.4, 0.5) is 0 Å². The van der Waals surface area contributed by atoms with Crippen molar-refractivity contribution < 1.29 is 44.8 Å². The maximum Gasteiger partial charge on any atom is 0.210 e. The summed E-state index contributed by atoms with van der Waals surface area (Å²) in [7, 11) is 0. The van der Waals surface area contributed by atoms with E-state index >= 15 is 0 Å². The van der Waals surface area contributed by atoms with Crippen molar-refractivity contribution in [1.29, 1.82) is 0 Å². The summed E-state index contributed by atoms with van der Waals surface area (Å²) in [6, 6.07) is 0. The summed E-state index contributed by atoms with van der Waals surface area (Å²) in [5.41, 5.74) is 0. The molecule has 0 saturated carbocycles. The van der Waals surface area contributed by atoms with Gasteiger partial charge in [-0.15, -0.1) is 0 Å². The maximum atomic E-state index is 10.2. The van der Waals surface area contributed by atoms with Crippen LogP contribution in [-0.4, -0.2) is 103 Å². The van der Waals surface area contributed by atoms with Crippen LogP contribution in [0.1, 0.15) is 0 Å². The summed E-state index contributed by atoms with van der Waals surface area (Å²) in [6.45, 7) is -0.609. The molecule has 2 saturated heterocycles. The molecule has 23 heavy (non-hydrogen) atoms. The summed E-state index contributed by atoms with van der Waals surface area (Å²) in [5, 5.41) is 59.1. The Morgan fingerprint density at radius 1 is 0.913 bits per heavy atom. The summed E-state index contributed by atoms with van der Waals surface area (Å²) in [6.07, 6.45) is -10.9. The molecular weight excluding hydrogens is 448 g/mol. The number of aliphatic hydroxyl groups excluding tert-OH is 6. The van der Waals surface area contributed by atoms with Gasteiger partial charge in [-0.25, -0.2) is 0 Å². The highest BCUT2D eigenvalue weighted by atomic mass is 79.9. The average molecular weight is 468 g/mol. The Labute approximate surface area is 149 Å². The quantitative estimate of drug-likeness (QED) is 0.239. The fourth-order valence-corrected chi connectivity index (χ4v) is 3.69. The molecule has 0 aliphatic carbocycles. The van der Waals surface area contributed by atoms with Gasteiger partial charge in [0.1, 0.15) is 36.6 Å². The lowest BCUT2D eigenvalue weighted by atomic mass is 9.99. The van der Waals surface area contributed by atoms with E-state index in [2.05, 4.69) is 31.9 Å². The Morgan fingerprint density at radius 3 is 2.04 bits per heavy atom. The molecule has 0 unspecified atom stereocenters. The van der Waals surface area contributed by atoms with E-state index in [0.717, 1.165) is 0 Å². The highest BCUT2D eigenvalue weighted by Crippen LogP contribution is 2.37. The van der Waals surface area contributed by atoms with Gasteiger partial charge in [0.25, 0.3) is 0 Å². The fourth-order valence-electron chi connectivity index (χ4n) is 2.58. The lowest BCUT2D eigenvalue weighted by Gasteiger charge is -2.43. The minimum Gasteiger partial charge on any atom is -0.394 e. The van der Waals surface area contributed by atoms with E-state index in [-0.39, 0.29) is 10.7 Å². The van der Waals surface area contributed by atoms with E-state index in [1.165, 1.54) is 0 Å². The lowest BCUT2D eigenvalue weighted by molar-refractivity contribution is -0.370. The Balaban J connectivity index is 2.18. The van der Waals surface area contributed by atoms with Crippen LogP contribution in [0, 0.1) is 0 Å². The molecule has 0 aromatic rings. The second-order valence-electron chi connectivity index (χ2n) is 5.51. The van der Waals surface area contributed by atoms with Gasteiger partial charge in [-0.2, -0.15) is 0 Å². The van der Waals surface area contributed by atoms with Gasteiger partial charge < -0.3 is 44.8 Å². The molecule has 9 atom stereocenters. The minimum absolute atomic E-state index is 0.0588. The molecule has 0 aromatic carbocycles. The molecule has 6 N–H and O–H groups in total. The third-order valence-electron chi connectivity index (χ3n) is 4.01. The number of rotatable bonds is 5. The SMILES string of the molecule is OC[C@H]1O[C@H](O[C@]2(CBr)O[C@H](CBr)[C@@H](O)[C@@H]2O)[C@H](O)[C@@H](O)[C@@H]1O. The van der Waals surface area contributed by atoms with E-state index in [1.54, 1.807) is 0 Å². The number of ether oxygens (including phenoxy) is 3. The number of aliphatic hydroxyl groups is 6. The van der Waals surface area contributed by atoms with E-state index in [1.807, 2.05) is 0 Å². The molecule has 2 aliphatic heterocycles. The zero-order valence-electron chi connectivity index (χ0n) is 11.9. The molecule has 2 heterocycles. The molecule has 0 radical (unpaired) electrons. The van der Waals surface area contributed by atoms with Crippen molar-refractivity contribution in [3.05, 3.63) is 0 Å². The predicted molar refractivity (Wildman–Crippen MR) is 82.1 cm³/mol. The molecular formula is C12H20Br2O9. The zero-order chi connectivity index (χ0) is 17.4. The number of hydrogen-bond acceptors (Lipinski definition) is 9. The summed E-state index contributed by atoms with van der Waals surface area (Å²) < 4.78 is 16.3. The smallest absolute Gasteiger partial charge is 0.210 e. The topological polar surface area (TPSA) is 149 Å². The first-order valence-electron chi connectivity index (χ1n) is 6.95. The summed E-state index contributed by atoms with van der Waals surface area (Å²) in [4.78, 5) is 0. The van der Waals surface area contributed by atoms with Crippen molar-refractivity contribution in [3.8, 4) is 0 Å². The molecule has 2 fully saturated rings. The largest absolute Gasteiger partial charge is 0.394 e. The predicted octanol–water partition coefficient (Wildman–Crippen LogP) is -2.59. The molecule has 2 rings (SSSR count). The molecule has 11 heteroatoms. The van der Waals surface area contributed by atoms with Gasteiger partial charge >= 0.3 is 0 Å². The number of hydrogen-bond donors (Lipinski definition) is 6. The van der Waals surface area contributed by atoms with E-state index in [0.29, 0.717) is 0 Å². The summed E-state index contributed by atoms with van der Waals surface area (Å²) in [5.74, 6) is -1.73. The molecule has 0 amide bonds. The van der Waals surface area contributed by atoms with Crippen molar-refractivity contribution >= 4 is 31.9 Å². The standard InChI is InChI=1S/C12H20Br2O9/c13-1-4-7(17)10(20)12(3-14,22-4)23-11-9(19)8(18)6(16)5(2-15)21-11/h4-11,15-20H,1-3H2/t4-,5-,6-,7-,8+,9-,10+,11-,12+/m1/s1. The van der Waals surface area contributed by atoms with Crippen molar-refractivity contribution in [2.75, 3.05) is 17.3 Å². The highest BCUT2D eigenvalue weighted by molar-refractivity contribution is 9.09. The van der Waals surface area contributed by atoms with Crippen LogP contribution in [0.3, 0.4) is 0 Å². The van der Waals surface area contributed by atoms with E-state index < -0.39 is 61.4 Å². The Kier molecular flexibility index (Phi) is 6.82. The maximum absolute atomic E-state index is 10.2. The third kappa shape index (κ3) is 3.60. The van der Waals surface area contributed by atoms with Gasteiger partial charge in [0.05, 0.1) is 18.0 Å². The fraction of sp³-hybridized carbons (Fsp3) is 1.00. The summed E-state index contributed by atoms with van der Waals surface area (Å²) >= 11 is 6.28.